The molecule has 0 aromatic heterocycles. The molecule has 192 valence electrons. The SMILES string of the molecule is Cl.N#CC(CCCN1CCC(=C(c2ccccc2)c2ccccc2)CC1)(c1ccccc1)c1ccccc1. The first-order chi connectivity index (χ1) is 18.3. The first kappa shape index (κ1) is 27.4. The Hall–Kier alpha value is -3.64. The highest BCUT2D eigenvalue weighted by Gasteiger charge is 2.34. The maximum atomic E-state index is 10.5. The van der Waals surface area contributed by atoms with E-state index < -0.39 is 5.41 Å². The molecular weight excluding hydrogens is 484 g/mol. The van der Waals surface area contributed by atoms with Crippen molar-refractivity contribution in [1.29, 1.82) is 5.26 Å². The zero-order valence-electron chi connectivity index (χ0n) is 21.8. The van der Waals surface area contributed by atoms with Gasteiger partial charge in [-0.1, -0.05) is 127 Å². The summed E-state index contributed by atoms with van der Waals surface area (Å²) in [6.45, 7) is 3.14. The molecule has 1 aliphatic heterocycles. The molecular formula is C35H35ClN2. The van der Waals surface area contributed by atoms with E-state index in [-0.39, 0.29) is 12.4 Å². The molecule has 0 N–H and O–H groups in total. The van der Waals surface area contributed by atoms with E-state index in [2.05, 4.69) is 95.9 Å². The second kappa shape index (κ2) is 13.2. The summed E-state index contributed by atoms with van der Waals surface area (Å²) in [6.07, 6.45) is 3.97. The van der Waals surface area contributed by atoms with Gasteiger partial charge in [0.1, 0.15) is 5.41 Å². The molecule has 2 nitrogen and oxygen atoms in total. The van der Waals surface area contributed by atoms with Crippen molar-refractivity contribution in [2.24, 2.45) is 0 Å². The van der Waals surface area contributed by atoms with Crippen molar-refractivity contribution in [3.8, 4) is 6.07 Å². The molecule has 0 bridgehead atoms. The molecule has 1 fully saturated rings. The molecule has 38 heavy (non-hydrogen) atoms. The summed E-state index contributed by atoms with van der Waals surface area (Å²) in [5, 5.41) is 10.5. The Morgan fingerprint density at radius 2 is 1.08 bits per heavy atom. The zero-order chi connectivity index (χ0) is 25.3. The molecule has 1 aliphatic rings. The van der Waals surface area contributed by atoms with Crippen molar-refractivity contribution in [1.82, 2.24) is 4.90 Å². The lowest BCUT2D eigenvalue weighted by molar-refractivity contribution is 0.248. The zero-order valence-corrected chi connectivity index (χ0v) is 22.6. The first-order valence-electron chi connectivity index (χ1n) is 13.4. The molecule has 3 heteroatoms. The van der Waals surface area contributed by atoms with Gasteiger partial charge >= 0.3 is 0 Å². The fraction of sp³-hybridized carbons (Fsp3) is 0.229. The average Bonchev–Trinajstić information content (AvgIpc) is 2.98. The summed E-state index contributed by atoms with van der Waals surface area (Å²) in [5.41, 5.74) is 7.12. The number of halogens is 1. The molecule has 1 saturated heterocycles. The van der Waals surface area contributed by atoms with Crippen LogP contribution >= 0.6 is 12.4 Å². The molecule has 4 aromatic rings. The summed E-state index contributed by atoms with van der Waals surface area (Å²) in [6, 6.07) is 45.0. The molecule has 0 unspecified atom stereocenters. The maximum absolute atomic E-state index is 10.5. The van der Waals surface area contributed by atoms with E-state index in [4.69, 9.17) is 0 Å². The van der Waals surface area contributed by atoms with E-state index in [1.807, 2.05) is 36.4 Å². The van der Waals surface area contributed by atoms with E-state index in [1.54, 1.807) is 5.57 Å². The van der Waals surface area contributed by atoms with Crippen LogP contribution in [0.3, 0.4) is 0 Å². The fourth-order valence-electron chi connectivity index (χ4n) is 5.73. The normalized spacial score (nSPS) is 13.8. The lowest BCUT2D eigenvalue weighted by atomic mass is 9.72. The molecule has 4 aromatic carbocycles. The standard InChI is InChI=1S/C35H34N2.ClH/c36-28-35(32-18-9-3-10-19-32,33-20-11-4-12-21-33)24-13-25-37-26-22-31(23-27-37)34(29-14-5-1-6-15-29)30-16-7-2-8-17-30;/h1-12,14-21H,13,22-27H2;1H. The van der Waals surface area contributed by atoms with Gasteiger partial charge in [0.05, 0.1) is 6.07 Å². The third kappa shape index (κ3) is 6.08. The average molecular weight is 519 g/mol. The Bertz CT molecular complexity index is 1250. The van der Waals surface area contributed by atoms with E-state index in [9.17, 15) is 5.26 Å². The van der Waals surface area contributed by atoms with Crippen molar-refractivity contribution in [2.75, 3.05) is 19.6 Å². The number of nitriles is 1. The highest BCUT2D eigenvalue weighted by molar-refractivity contribution is 5.85. The minimum Gasteiger partial charge on any atom is -0.303 e. The van der Waals surface area contributed by atoms with Gasteiger partial charge in [-0.2, -0.15) is 5.26 Å². The van der Waals surface area contributed by atoms with Crippen molar-refractivity contribution in [3.63, 3.8) is 0 Å². The molecule has 5 rings (SSSR count). The van der Waals surface area contributed by atoms with Gasteiger partial charge in [-0.25, -0.2) is 0 Å². The minimum absolute atomic E-state index is 0. The summed E-state index contributed by atoms with van der Waals surface area (Å²) in [4.78, 5) is 2.58. The van der Waals surface area contributed by atoms with Crippen molar-refractivity contribution in [2.45, 2.75) is 31.1 Å². The van der Waals surface area contributed by atoms with E-state index in [1.165, 1.54) is 16.7 Å². The Morgan fingerprint density at radius 1 is 0.658 bits per heavy atom. The number of hydrogen-bond acceptors (Lipinski definition) is 2. The third-order valence-electron chi connectivity index (χ3n) is 7.69. The second-order valence-electron chi connectivity index (χ2n) is 9.90. The summed E-state index contributed by atoms with van der Waals surface area (Å²) in [5.74, 6) is 0. The molecule has 0 saturated carbocycles. The van der Waals surface area contributed by atoms with Crippen molar-refractivity contribution >= 4 is 18.0 Å². The number of rotatable bonds is 8. The number of nitrogens with zero attached hydrogens (tertiary/aromatic N) is 2. The Balaban J connectivity index is 0.00000336. The lowest BCUT2D eigenvalue weighted by Gasteiger charge is -2.32. The number of piperidine rings is 1. The van der Waals surface area contributed by atoms with Gasteiger partial charge in [0.15, 0.2) is 0 Å². The van der Waals surface area contributed by atoms with Gasteiger partial charge < -0.3 is 4.90 Å². The Morgan fingerprint density at radius 3 is 1.50 bits per heavy atom. The predicted octanol–water partition coefficient (Wildman–Crippen LogP) is 8.30. The molecule has 0 aliphatic carbocycles. The quantitative estimate of drug-likeness (QED) is 0.234. The van der Waals surface area contributed by atoms with E-state index in [0.717, 1.165) is 56.4 Å². The topological polar surface area (TPSA) is 27.0 Å². The summed E-state index contributed by atoms with van der Waals surface area (Å²) < 4.78 is 0. The van der Waals surface area contributed by atoms with E-state index in [0.29, 0.717) is 0 Å². The third-order valence-corrected chi connectivity index (χ3v) is 7.69. The number of benzene rings is 4. The second-order valence-corrected chi connectivity index (χ2v) is 9.90. The smallest absolute Gasteiger partial charge is 0.107 e. The molecule has 0 atom stereocenters. The van der Waals surface area contributed by atoms with Gasteiger partial charge in [-0.3, -0.25) is 0 Å². The van der Waals surface area contributed by atoms with Crippen LogP contribution in [0.5, 0.6) is 0 Å². The lowest BCUT2D eigenvalue weighted by Crippen LogP contribution is -2.33. The first-order valence-corrected chi connectivity index (χ1v) is 13.4. The summed E-state index contributed by atoms with van der Waals surface area (Å²) in [7, 11) is 0. The van der Waals surface area contributed by atoms with Crippen LogP contribution in [0.4, 0.5) is 0 Å². The predicted molar refractivity (Wildman–Crippen MR) is 160 cm³/mol. The van der Waals surface area contributed by atoms with E-state index >= 15 is 0 Å². The van der Waals surface area contributed by atoms with Crippen LogP contribution in [0.1, 0.15) is 47.9 Å². The number of hydrogen-bond donors (Lipinski definition) is 0. The molecule has 0 radical (unpaired) electrons. The van der Waals surface area contributed by atoms with Gasteiger partial charge in [-0.05, 0) is 60.1 Å². The maximum Gasteiger partial charge on any atom is 0.107 e. The molecule has 0 spiro atoms. The minimum atomic E-state index is -0.614. The highest BCUT2D eigenvalue weighted by atomic mass is 35.5. The van der Waals surface area contributed by atoms with Crippen LogP contribution in [-0.2, 0) is 5.41 Å². The summed E-state index contributed by atoms with van der Waals surface area (Å²) >= 11 is 0. The monoisotopic (exact) mass is 518 g/mol. The van der Waals surface area contributed by atoms with Gasteiger partial charge in [0, 0.05) is 13.1 Å². The van der Waals surface area contributed by atoms with Gasteiger partial charge in [0.25, 0.3) is 0 Å². The largest absolute Gasteiger partial charge is 0.303 e. The van der Waals surface area contributed by atoms with Crippen LogP contribution in [-0.4, -0.2) is 24.5 Å². The van der Waals surface area contributed by atoms with Gasteiger partial charge in [-0.15, -0.1) is 12.4 Å². The fourth-order valence-corrected chi connectivity index (χ4v) is 5.73. The Labute approximate surface area is 233 Å². The van der Waals surface area contributed by atoms with Crippen LogP contribution < -0.4 is 0 Å². The van der Waals surface area contributed by atoms with Gasteiger partial charge in [0.2, 0.25) is 0 Å². The highest BCUT2D eigenvalue weighted by Crippen LogP contribution is 2.37. The number of likely N-dealkylation sites (tertiary alicyclic amines) is 1. The van der Waals surface area contributed by atoms with Crippen LogP contribution in [0, 0.1) is 11.3 Å². The van der Waals surface area contributed by atoms with Crippen molar-refractivity contribution in [3.05, 3.63) is 149 Å². The van der Waals surface area contributed by atoms with Crippen LogP contribution in [0.2, 0.25) is 0 Å². The Kier molecular flexibility index (Phi) is 9.55. The van der Waals surface area contributed by atoms with Crippen molar-refractivity contribution < 1.29 is 0 Å². The molecule has 0 amide bonds. The van der Waals surface area contributed by atoms with Crippen LogP contribution in [0.15, 0.2) is 127 Å². The molecule has 1 heterocycles. The van der Waals surface area contributed by atoms with Crippen LogP contribution in [0.25, 0.3) is 5.57 Å².